The summed E-state index contributed by atoms with van der Waals surface area (Å²) in [6.45, 7) is 0.579. The van der Waals surface area contributed by atoms with Gasteiger partial charge in [-0.1, -0.05) is 30.3 Å². The largest absolute Gasteiger partial charge is 0.497 e. The summed E-state index contributed by atoms with van der Waals surface area (Å²) in [6, 6.07) is 14.9. The molecule has 4 nitrogen and oxygen atoms in total. The number of hydrogen-bond acceptors (Lipinski definition) is 4. The van der Waals surface area contributed by atoms with Gasteiger partial charge in [-0.3, -0.25) is 0 Å². The molecule has 4 heteroatoms. The molecule has 3 N–H and O–H groups in total. The average Bonchev–Trinajstić information content (AvgIpc) is 2.52. The highest BCUT2D eigenvalue weighted by molar-refractivity contribution is 5.33. The van der Waals surface area contributed by atoms with Crippen LogP contribution in [0.5, 0.6) is 11.5 Å². The number of aliphatic hydroxyl groups is 1. The van der Waals surface area contributed by atoms with Crippen LogP contribution < -0.4 is 15.2 Å². The molecule has 0 fully saturated rings. The second-order valence-electron chi connectivity index (χ2n) is 4.42. The van der Waals surface area contributed by atoms with Gasteiger partial charge in [0.25, 0.3) is 0 Å². The molecule has 2 aromatic rings. The first-order chi connectivity index (χ1) is 9.74. The van der Waals surface area contributed by atoms with Gasteiger partial charge >= 0.3 is 0 Å². The molecule has 0 spiro atoms. The van der Waals surface area contributed by atoms with E-state index in [1.54, 1.807) is 13.2 Å². The second kappa shape index (κ2) is 6.93. The lowest BCUT2D eigenvalue weighted by Crippen LogP contribution is -2.11. The molecule has 0 bridgehead atoms. The highest BCUT2D eigenvalue weighted by Gasteiger charge is 2.10. The fraction of sp³-hybridized carbons (Fsp3) is 0.250. The molecule has 0 saturated carbocycles. The van der Waals surface area contributed by atoms with Crippen LogP contribution in [0.15, 0.2) is 48.5 Å². The Labute approximate surface area is 118 Å². The Hall–Kier alpha value is -2.04. The van der Waals surface area contributed by atoms with Gasteiger partial charge in [0.05, 0.1) is 7.11 Å². The van der Waals surface area contributed by atoms with Gasteiger partial charge in [-0.2, -0.15) is 0 Å². The first-order valence-corrected chi connectivity index (χ1v) is 6.47. The maximum atomic E-state index is 10.2. The smallest absolute Gasteiger partial charge is 0.123 e. The number of aliphatic hydroxyl groups excluding tert-OH is 1. The number of hydrogen-bond donors (Lipinski definition) is 2. The van der Waals surface area contributed by atoms with Crippen molar-refractivity contribution < 1.29 is 14.6 Å². The SMILES string of the molecule is COc1cccc(C(O)COc2ccccc2CN)c1. The minimum absolute atomic E-state index is 0.171. The van der Waals surface area contributed by atoms with Gasteiger partial charge in [-0.25, -0.2) is 0 Å². The van der Waals surface area contributed by atoms with E-state index < -0.39 is 6.10 Å². The van der Waals surface area contributed by atoms with Crippen LogP contribution >= 0.6 is 0 Å². The topological polar surface area (TPSA) is 64.7 Å². The fourth-order valence-corrected chi connectivity index (χ4v) is 1.93. The van der Waals surface area contributed by atoms with Crippen LogP contribution in [0.4, 0.5) is 0 Å². The van der Waals surface area contributed by atoms with Gasteiger partial charge in [0, 0.05) is 12.1 Å². The molecule has 2 aromatic carbocycles. The number of para-hydroxylation sites is 1. The summed E-state index contributed by atoms with van der Waals surface area (Å²) in [6.07, 6.45) is -0.712. The summed E-state index contributed by atoms with van der Waals surface area (Å²) in [4.78, 5) is 0. The van der Waals surface area contributed by atoms with Crippen molar-refractivity contribution in [1.82, 2.24) is 0 Å². The van der Waals surface area contributed by atoms with E-state index in [9.17, 15) is 5.11 Å². The molecule has 20 heavy (non-hydrogen) atoms. The Morgan fingerprint density at radius 3 is 2.70 bits per heavy atom. The van der Waals surface area contributed by atoms with Crippen LogP contribution in [0.2, 0.25) is 0 Å². The van der Waals surface area contributed by atoms with Crippen molar-refractivity contribution in [2.24, 2.45) is 5.73 Å². The van der Waals surface area contributed by atoms with Gasteiger partial charge in [0.1, 0.15) is 24.2 Å². The summed E-state index contributed by atoms with van der Waals surface area (Å²) in [5, 5.41) is 10.2. The molecule has 0 aliphatic rings. The van der Waals surface area contributed by atoms with E-state index in [-0.39, 0.29) is 6.61 Å². The predicted octanol–water partition coefficient (Wildman–Crippen LogP) is 2.27. The van der Waals surface area contributed by atoms with E-state index in [1.165, 1.54) is 0 Å². The van der Waals surface area contributed by atoms with Gasteiger partial charge in [0.2, 0.25) is 0 Å². The molecule has 0 heterocycles. The Bertz CT molecular complexity index is 557. The molecule has 106 valence electrons. The van der Waals surface area contributed by atoms with Crippen LogP contribution in [0, 0.1) is 0 Å². The van der Waals surface area contributed by atoms with E-state index in [0.717, 1.165) is 11.1 Å². The van der Waals surface area contributed by atoms with Crippen LogP contribution in [0.1, 0.15) is 17.2 Å². The maximum Gasteiger partial charge on any atom is 0.123 e. The van der Waals surface area contributed by atoms with Crippen molar-refractivity contribution in [3.63, 3.8) is 0 Å². The van der Waals surface area contributed by atoms with Gasteiger partial charge < -0.3 is 20.3 Å². The van der Waals surface area contributed by atoms with Crippen LogP contribution in [0.3, 0.4) is 0 Å². The Kier molecular flexibility index (Phi) is 4.98. The first kappa shape index (κ1) is 14.4. The summed E-state index contributed by atoms with van der Waals surface area (Å²) in [5.74, 6) is 1.42. The molecule has 2 rings (SSSR count). The predicted molar refractivity (Wildman–Crippen MR) is 77.8 cm³/mol. The van der Waals surface area contributed by atoms with E-state index >= 15 is 0 Å². The molecular weight excluding hydrogens is 254 g/mol. The average molecular weight is 273 g/mol. The Balaban J connectivity index is 2.02. The number of benzene rings is 2. The summed E-state index contributed by atoms with van der Waals surface area (Å²) in [7, 11) is 1.60. The van der Waals surface area contributed by atoms with Crippen molar-refractivity contribution in [3.05, 3.63) is 59.7 Å². The molecule has 0 saturated heterocycles. The van der Waals surface area contributed by atoms with Gasteiger partial charge in [-0.05, 0) is 23.8 Å². The zero-order valence-corrected chi connectivity index (χ0v) is 11.5. The van der Waals surface area contributed by atoms with E-state index in [1.807, 2.05) is 42.5 Å². The molecular formula is C16H19NO3. The van der Waals surface area contributed by atoms with Gasteiger partial charge in [-0.15, -0.1) is 0 Å². The van der Waals surface area contributed by atoms with E-state index in [4.69, 9.17) is 15.2 Å². The maximum absolute atomic E-state index is 10.2. The standard InChI is InChI=1S/C16H19NO3/c1-19-14-7-4-6-12(9-14)15(18)11-20-16-8-3-2-5-13(16)10-17/h2-9,15,18H,10-11,17H2,1H3. The molecule has 0 amide bonds. The van der Waals surface area contributed by atoms with Crippen LogP contribution in [-0.4, -0.2) is 18.8 Å². The fourth-order valence-electron chi connectivity index (χ4n) is 1.93. The van der Waals surface area contributed by atoms with Crippen LogP contribution in [0.25, 0.3) is 0 Å². The normalized spacial score (nSPS) is 11.9. The monoisotopic (exact) mass is 273 g/mol. The lowest BCUT2D eigenvalue weighted by atomic mass is 10.1. The van der Waals surface area contributed by atoms with Gasteiger partial charge in [0.15, 0.2) is 0 Å². The second-order valence-corrected chi connectivity index (χ2v) is 4.42. The Morgan fingerprint density at radius 2 is 1.95 bits per heavy atom. The highest BCUT2D eigenvalue weighted by atomic mass is 16.5. The molecule has 1 atom stereocenters. The van der Waals surface area contributed by atoms with Crippen LogP contribution in [-0.2, 0) is 6.54 Å². The Morgan fingerprint density at radius 1 is 1.15 bits per heavy atom. The third-order valence-electron chi connectivity index (χ3n) is 3.07. The third kappa shape index (κ3) is 3.50. The van der Waals surface area contributed by atoms with Crippen molar-refractivity contribution >= 4 is 0 Å². The van der Waals surface area contributed by atoms with Crippen molar-refractivity contribution in [3.8, 4) is 11.5 Å². The number of nitrogens with two attached hydrogens (primary N) is 1. The van der Waals surface area contributed by atoms with E-state index in [2.05, 4.69) is 0 Å². The lowest BCUT2D eigenvalue weighted by Gasteiger charge is -2.15. The molecule has 0 aliphatic heterocycles. The van der Waals surface area contributed by atoms with Crippen molar-refractivity contribution in [1.29, 1.82) is 0 Å². The summed E-state index contributed by atoms with van der Waals surface area (Å²) >= 11 is 0. The number of methoxy groups -OCH3 is 1. The van der Waals surface area contributed by atoms with Crippen molar-refractivity contribution in [2.75, 3.05) is 13.7 Å². The zero-order chi connectivity index (χ0) is 14.4. The molecule has 0 aromatic heterocycles. The third-order valence-corrected chi connectivity index (χ3v) is 3.07. The van der Waals surface area contributed by atoms with E-state index in [0.29, 0.717) is 18.0 Å². The highest BCUT2D eigenvalue weighted by Crippen LogP contribution is 2.22. The minimum atomic E-state index is -0.712. The summed E-state index contributed by atoms with van der Waals surface area (Å²) < 4.78 is 10.8. The minimum Gasteiger partial charge on any atom is -0.497 e. The summed E-state index contributed by atoms with van der Waals surface area (Å²) in [5.41, 5.74) is 7.33. The quantitative estimate of drug-likeness (QED) is 0.847. The van der Waals surface area contributed by atoms with Crippen molar-refractivity contribution in [2.45, 2.75) is 12.6 Å². The zero-order valence-electron chi connectivity index (χ0n) is 11.5. The number of ether oxygens (including phenoxy) is 2. The number of rotatable bonds is 6. The lowest BCUT2D eigenvalue weighted by molar-refractivity contribution is 0.107. The molecule has 0 aliphatic carbocycles. The first-order valence-electron chi connectivity index (χ1n) is 6.47. The molecule has 1 unspecified atom stereocenters. The molecule has 0 radical (unpaired) electrons.